The van der Waals surface area contributed by atoms with Gasteiger partial charge < -0.3 is 25.3 Å². The van der Waals surface area contributed by atoms with E-state index in [0.717, 1.165) is 37.2 Å². The van der Waals surface area contributed by atoms with E-state index < -0.39 is 11.6 Å². The van der Waals surface area contributed by atoms with Gasteiger partial charge in [0.15, 0.2) is 11.6 Å². The SMILES string of the molecule is CN(C)CCCNc1nccc(-c2cccnc2Oc2ccc(Nc3nc4cc(F)c(F)cc4[nH]3)cc2)n1. The Bertz CT molecular complexity index is 1500. The van der Waals surface area contributed by atoms with E-state index in [4.69, 9.17) is 4.74 Å². The number of fused-ring (bicyclic) bond motifs is 1. The molecule has 3 heterocycles. The predicted molar refractivity (Wildman–Crippen MR) is 143 cm³/mol. The first-order valence-electron chi connectivity index (χ1n) is 12.0. The molecule has 0 aliphatic heterocycles. The Hall–Kier alpha value is -4.64. The molecule has 38 heavy (non-hydrogen) atoms. The Kier molecular flexibility index (Phi) is 7.36. The standard InChI is InChI=1S/C27H26F2N8O/c1-37(2)14-4-12-31-26-32-13-10-22(34-26)19-5-3-11-30-25(19)38-18-8-6-17(7-9-18)33-27-35-23-15-20(28)21(29)16-24(23)36-27/h3,5-11,13,15-16H,4,12,14H2,1-2H3,(H,31,32,34)(H2,33,35,36). The molecule has 9 nitrogen and oxygen atoms in total. The van der Waals surface area contributed by atoms with Gasteiger partial charge >= 0.3 is 0 Å². The van der Waals surface area contributed by atoms with Crippen molar-refractivity contribution in [3.63, 3.8) is 0 Å². The highest BCUT2D eigenvalue weighted by Gasteiger charge is 2.12. The van der Waals surface area contributed by atoms with E-state index in [9.17, 15) is 8.78 Å². The molecule has 3 N–H and O–H groups in total. The van der Waals surface area contributed by atoms with E-state index in [1.54, 1.807) is 36.7 Å². The summed E-state index contributed by atoms with van der Waals surface area (Å²) in [6, 6.07) is 14.8. The number of rotatable bonds is 10. The number of nitrogens with zero attached hydrogens (tertiary/aromatic N) is 5. The van der Waals surface area contributed by atoms with Crippen molar-refractivity contribution in [1.29, 1.82) is 0 Å². The van der Waals surface area contributed by atoms with Crippen molar-refractivity contribution < 1.29 is 13.5 Å². The van der Waals surface area contributed by atoms with E-state index in [-0.39, 0.29) is 0 Å². The fourth-order valence-electron chi connectivity index (χ4n) is 3.78. The third-order valence-corrected chi connectivity index (χ3v) is 5.62. The molecule has 0 aliphatic rings. The first kappa shape index (κ1) is 25.0. The van der Waals surface area contributed by atoms with E-state index >= 15 is 0 Å². The van der Waals surface area contributed by atoms with E-state index in [2.05, 4.69) is 40.5 Å². The van der Waals surface area contributed by atoms with Gasteiger partial charge in [0, 0.05) is 36.8 Å². The molecule has 5 aromatic rings. The highest BCUT2D eigenvalue weighted by atomic mass is 19.2. The molecule has 194 valence electrons. The van der Waals surface area contributed by atoms with Crippen molar-refractivity contribution in [2.24, 2.45) is 0 Å². The number of ether oxygens (including phenoxy) is 1. The maximum absolute atomic E-state index is 13.5. The zero-order chi connectivity index (χ0) is 26.5. The molecule has 0 radical (unpaired) electrons. The number of halogens is 2. The lowest BCUT2D eigenvalue weighted by Gasteiger charge is -2.12. The van der Waals surface area contributed by atoms with E-state index in [0.29, 0.717) is 45.9 Å². The van der Waals surface area contributed by atoms with Crippen LogP contribution in [0.25, 0.3) is 22.3 Å². The fraction of sp³-hybridized carbons (Fsp3) is 0.185. The van der Waals surface area contributed by atoms with Crippen molar-refractivity contribution in [3.05, 3.63) is 78.6 Å². The molecule has 0 amide bonds. The Morgan fingerprint density at radius 3 is 2.58 bits per heavy atom. The van der Waals surface area contributed by atoms with Crippen molar-refractivity contribution in [2.45, 2.75) is 6.42 Å². The number of aromatic amines is 1. The quantitative estimate of drug-likeness (QED) is 0.206. The summed E-state index contributed by atoms with van der Waals surface area (Å²) < 4.78 is 33.0. The van der Waals surface area contributed by atoms with E-state index in [1.807, 2.05) is 32.3 Å². The third-order valence-electron chi connectivity index (χ3n) is 5.62. The van der Waals surface area contributed by atoms with Crippen LogP contribution in [0.1, 0.15) is 6.42 Å². The average Bonchev–Trinajstić information content (AvgIpc) is 3.29. The van der Waals surface area contributed by atoms with Crippen LogP contribution in [-0.4, -0.2) is 57.0 Å². The van der Waals surface area contributed by atoms with Gasteiger partial charge in [-0.2, -0.15) is 0 Å². The molecule has 3 aromatic heterocycles. The van der Waals surface area contributed by atoms with Crippen LogP contribution in [0.5, 0.6) is 11.6 Å². The number of imidazole rings is 1. The lowest BCUT2D eigenvalue weighted by molar-refractivity contribution is 0.405. The maximum atomic E-state index is 13.5. The van der Waals surface area contributed by atoms with Crippen LogP contribution in [0, 0.1) is 11.6 Å². The summed E-state index contributed by atoms with van der Waals surface area (Å²) >= 11 is 0. The molecule has 0 saturated carbocycles. The van der Waals surface area contributed by atoms with Gasteiger partial charge in [-0.05, 0) is 69.5 Å². The zero-order valence-corrected chi connectivity index (χ0v) is 20.9. The highest BCUT2D eigenvalue weighted by molar-refractivity contribution is 5.78. The van der Waals surface area contributed by atoms with Gasteiger partial charge in [-0.1, -0.05) is 0 Å². The van der Waals surface area contributed by atoms with Crippen molar-refractivity contribution in [2.75, 3.05) is 37.8 Å². The van der Waals surface area contributed by atoms with Crippen LogP contribution >= 0.6 is 0 Å². The van der Waals surface area contributed by atoms with Gasteiger partial charge in [-0.3, -0.25) is 0 Å². The van der Waals surface area contributed by atoms with Crippen LogP contribution in [0.15, 0.2) is 67.0 Å². The summed E-state index contributed by atoms with van der Waals surface area (Å²) in [7, 11) is 4.08. The summed E-state index contributed by atoms with van der Waals surface area (Å²) in [5.41, 5.74) is 2.85. The minimum absolute atomic E-state index is 0.325. The highest BCUT2D eigenvalue weighted by Crippen LogP contribution is 2.31. The summed E-state index contributed by atoms with van der Waals surface area (Å²) in [5.74, 6) is 0.00761. The predicted octanol–water partition coefficient (Wildman–Crippen LogP) is 5.59. The Morgan fingerprint density at radius 2 is 1.76 bits per heavy atom. The van der Waals surface area contributed by atoms with Crippen LogP contribution < -0.4 is 15.4 Å². The Labute approximate surface area is 218 Å². The number of pyridine rings is 1. The number of hydrogen-bond donors (Lipinski definition) is 3. The number of nitrogens with one attached hydrogen (secondary N) is 3. The number of anilines is 3. The molecule has 0 spiro atoms. The fourth-order valence-corrected chi connectivity index (χ4v) is 3.78. The molecule has 0 atom stereocenters. The molecule has 0 saturated heterocycles. The first-order chi connectivity index (χ1) is 18.4. The third kappa shape index (κ3) is 6.01. The number of benzene rings is 2. The molecule has 5 rings (SSSR count). The first-order valence-corrected chi connectivity index (χ1v) is 12.0. The number of hydrogen-bond acceptors (Lipinski definition) is 8. The Balaban J connectivity index is 1.27. The van der Waals surface area contributed by atoms with Gasteiger partial charge in [0.1, 0.15) is 5.75 Å². The second kappa shape index (κ2) is 11.2. The molecular formula is C27H26F2N8O. The van der Waals surface area contributed by atoms with Crippen LogP contribution in [-0.2, 0) is 0 Å². The molecule has 0 bridgehead atoms. The van der Waals surface area contributed by atoms with Gasteiger partial charge in [-0.15, -0.1) is 0 Å². The lowest BCUT2D eigenvalue weighted by Crippen LogP contribution is -2.17. The van der Waals surface area contributed by atoms with Crippen molar-refractivity contribution in [3.8, 4) is 22.9 Å². The molecule has 0 fully saturated rings. The van der Waals surface area contributed by atoms with Gasteiger partial charge in [0.25, 0.3) is 0 Å². The molecule has 0 aliphatic carbocycles. The smallest absolute Gasteiger partial charge is 0.228 e. The minimum atomic E-state index is -0.944. The van der Waals surface area contributed by atoms with Crippen molar-refractivity contribution >= 4 is 28.6 Å². The topological polar surface area (TPSA) is 104 Å². The van der Waals surface area contributed by atoms with Gasteiger partial charge in [-0.25, -0.2) is 28.7 Å². The van der Waals surface area contributed by atoms with Gasteiger partial charge in [0.2, 0.25) is 17.8 Å². The second-order valence-corrected chi connectivity index (χ2v) is 8.83. The van der Waals surface area contributed by atoms with Crippen molar-refractivity contribution in [1.82, 2.24) is 29.8 Å². The largest absolute Gasteiger partial charge is 0.438 e. The maximum Gasteiger partial charge on any atom is 0.228 e. The number of aromatic nitrogens is 5. The number of H-pyrrole nitrogens is 1. The van der Waals surface area contributed by atoms with Gasteiger partial charge in [0.05, 0.1) is 22.3 Å². The lowest BCUT2D eigenvalue weighted by atomic mass is 10.2. The molecule has 0 unspecified atom stereocenters. The molecule has 2 aromatic carbocycles. The minimum Gasteiger partial charge on any atom is -0.438 e. The molecular weight excluding hydrogens is 490 g/mol. The normalized spacial score (nSPS) is 11.2. The summed E-state index contributed by atoms with van der Waals surface area (Å²) in [6.45, 7) is 1.74. The van der Waals surface area contributed by atoms with Crippen LogP contribution in [0.2, 0.25) is 0 Å². The monoisotopic (exact) mass is 516 g/mol. The summed E-state index contributed by atoms with van der Waals surface area (Å²) in [6.07, 6.45) is 4.33. The Morgan fingerprint density at radius 1 is 0.947 bits per heavy atom. The summed E-state index contributed by atoms with van der Waals surface area (Å²) in [4.78, 5) is 22.7. The average molecular weight is 517 g/mol. The zero-order valence-electron chi connectivity index (χ0n) is 20.9. The van der Waals surface area contributed by atoms with Crippen LogP contribution in [0.4, 0.5) is 26.4 Å². The second-order valence-electron chi connectivity index (χ2n) is 8.83. The van der Waals surface area contributed by atoms with E-state index in [1.165, 1.54) is 0 Å². The van der Waals surface area contributed by atoms with Crippen LogP contribution in [0.3, 0.4) is 0 Å². The summed E-state index contributed by atoms with van der Waals surface area (Å²) in [5, 5.41) is 6.34. The molecule has 11 heteroatoms.